The minimum absolute atomic E-state index is 0.332. The quantitative estimate of drug-likeness (QED) is 0.384. The van der Waals surface area contributed by atoms with E-state index in [-0.39, 0.29) is 0 Å². The SMILES string of the molecule is CCOc1cc(CNCc2ccccc2)c(Cl)cc1OCc1ccc(Cl)c(Cl)c1. The molecule has 0 radical (unpaired) electrons. The van der Waals surface area contributed by atoms with Crippen molar-refractivity contribution in [3.8, 4) is 11.5 Å². The normalized spacial score (nSPS) is 10.8. The van der Waals surface area contributed by atoms with E-state index >= 15 is 0 Å². The summed E-state index contributed by atoms with van der Waals surface area (Å²) in [5.74, 6) is 1.25. The van der Waals surface area contributed by atoms with Crippen molar-refractivity contribution in [2.24, 2.45) is 0 Å². The number of hydrogen-bond acceptors (Lipinski definition) is 3. The van der Waals surface area contributed by atoms with Crippen LogP contribution in [0.1, 0.15) is 23.6 Å². The smallest absolute Gasteiger partial charge is 0.163 e. The summed E-state index contributed by atoms with van der Waals surface area (Å²) in [6.07, 6.45) is 0. The van der Waals surface area contributed by atoms with Crippen molar-refractivity contribution < 1.29 is 9.47 Å². The summed E-state index contributed by atoms with van der Waals surface area (Å²) < 4.78 is 11.7. The first-order valence-corrected chi connectivity index (χ1v) is 10.5. The topological polar surface area (TPSA) is 30.5 Å². The van der Waals surface area contributed by atoms with E-state index in [1.807, 2.05) is 37.3 Å². The Morgan fingerprint density at radius 1 is 0.724 bits per heavy atom. The molecule has 0 saturated heterocycles. The van der Waals surface area contributed by atoms with Crippen LogP contribution in [0.4, 0.5) is 0 Å². The average Bonchev–Trinajstić information content (AvgIpc) is 2.72. The van der Waals surface area contributed by atoms with Crippen LogP contribution in [-0.4, -0.2) is 6.61 Å². The Labute approximate surface area is 186 Å². The summed E-state index contributed by atoms with van der Waals surface area (Å²) in [4.78, 5) is 0. The molecule has 0 bridgehead atoms. The molecule has 0 heterocycles. The van der Waals surface area contributed by atoms with Crippen LogP contribution < -0.4 is 14.8 Å². The summed E-state index contributed by atoms with van der Waals surface area (Å²) in [7, 11) is 0. The lowest BCUT2D eigenvalue weighted by molar-refractivity contribution is 0.269. The third-order valence-corrected chi connectivity index (χ3v) is 5.37. The Bertz CT molecular complexity index is 948. The van der Waals surface area contributed by atoms with Crippen LogP contribution >= 0.6 is 34.8 Å². The number of nitrogens with one attached hydrogen (secondary N) is 1. The lowest BCUT2D eigenvalue weighted by atomic mass is 10.1. The van der Waals surface area contributed by atoms with Gasteiger partial charge >= 0.3 is 0 Å². The van der Waals surface area contributed by atoms with E-state index in [1.54, 1.807) is 18.2 Å². The van der Waals surface area contributed by atoms with Crippen LogP contribution in [0.2, 0.25) is 15.1 Å². The molecule has 29 heavy (non-hydrogen) atoms. The standard InChI is InChI=1S/C23H22Cl3NO2/c1-2-28-22-11-18(14-27-13-16-6-4-3-5-7-16)20(25)12-23(22)29-15-17-8-9-19(24)21(26)10-17/h3-12,27H,2,13-15H2,1H3. The van der Waals surface area contributed by atoms with Crippen LogP contribution in [0.15, 0.2) is 60.7 Å². The number of rotatable bonds is 9. The van der Waals surface area contributed by atoms with E-state index in [0.717, 1.165) is 17.7 Å². The van der Waals surface area contributed by atoms with E-state index in [4.69, 9.17) is 44.3 Å². The molecule has 3 nitrogen and oxygen atoms in total. The molecule has 0 unspecified atom stereocenters. The predicted octanol–water partition coefficient (Wildman–Crippen LogP) is 6.91. The summed E-state index contributed by atoms with van der Waals surface area (Å²) in [6, 6.07) is 19.4. The molecule has 0 spiro atoms. The molecule has 6 heteroatoms. The largest absolute Gasteiger partial charge is 0.490 e. The van der Waals surface area contributed by atoms with Crippen molar-refractivity contribution >= 4 is 34.8 Å². The van der Waals surface area contributed by atoms with E-state index in [0.29, 0.717) is 46.3 Å². The molecule has 152 valence electrons. The molecular formula is C23H22Cl3NO2. The molecule has 3 aromatic carbocycles. The maximum absolute atomic E-state index is 6.50. The van der Waals surface area contributed by atoms with Gasteiger partial charge in [0, 0.05) is 24.2 Å². The highest BCUT2D eigenvalue weighted by Crippen LogP contribution is 2.34. The monoisotopic (exact) mass is 449 g/mol. The zero-order valence-corrected chi connectivity index (χ0v) is 18.3. The second-order valence-electron chi connectivity index (χ2n) is 6.45. The van der Waals surface area contributed by atoms with Gasteiger partial charge in [-0.15, -0.1) is 0 Å². The average molecular weight is 451 g/mol. The molecule has 0 aromatic heterocycles. The Morgan fingerprint density at radius 3 is 2.21 bits per heavy atom. The van der Waals surface area contributed by atoms with E-state index in [1.165, 1.54) is 5.56 Å². The fourth-order valence-corrected chi connectivity index (χ4v) is 3.36. The molecule has 0 aliphatic rings. The third kappa shape index (κ3) is 6.28. The summed E-state index contributed by atoms with van der Waals surface area (Å²) in [5, 5.41) is 5.04. The fraction of sp³-hybridized carbons (Fsp3) is 0.217. The van der Waals surface area contributed by atoms with Crippen LogP contribution in [0.25, 0.3) is 0 Å². The zero-order chi connectivity index (χ0) is 20.6. The summed E-state index contributed by atoms with van der Waals surface area (Å²) in [6.45, 7) is 4.18. The lowest BCUT2D eigenvalue weighted by Gasteiger charge is -2.15. The first-order valence-electron chi connectivity index (χ1n) is 9.33. The minimum atomic E-state index is 0.332. The molecule has 0 fully saturated rings. The molecule has 3 aromatic rings. The maximum Gasteiger partial charge on any atom is 0.163 e. The Morgan fingerprint density at radius 2 is 1.48 bits per heavy atom. The van der Waals surface area contributed by atoms with Crippen molar-refractivity contribution in [2.75, 3.05) is 6.61 Å². The van der Waals surface area contributed by atoms with Gasteiger partial charge in [-0.25, -0.2) is 0 Å². The lowest BCUT2D eigenvalue weighted by Crippen LogP contribution is -2.13. The molecule has 1 N–H and O–H groups in total. The Kier molecular flexibility index (Phi) is 8.08. The van der Waals surface area contributed by atoms with Gasteiger partial charge in [0.15, 0.2) is 11.5 Å². The highest BCUT2D eigenvalue weighted by atomic mass is 35.5. The van der Waals surface area contributed by atoms with Gasteiger partial charge in [0.25, 0.3) is 0 Å². The first-order chi connectivity index (χ1) is 14.1. The minimum Gasteiger partial charge on any atom is -0.490 e. The summed E-state index contributed by atoms with van der Waals surface area (Å²) >= 11 is 18.5. The van der Waals surface area contributed by atoms with Crippen molar-refractivity contribution in [1.82, 2.24) is 5.32 Å². The van der Waals surface area contributed by atoms with Gasteiger partial charge in [-0.3, -0.25) is 0 Å². The first kappa shape index (κ1) is 21.8. The van der Waals surface area contributed by atoms with Crippen molar-refractivity contribution in [3.05, 3.63) is 92.4 Å². The van der Waals surface area contributed by atoms with Crippen LogP contribution in [0, 0.1) is 0 Å². The van der Waals surface area contributed by atoms with Crippen LogP contribution in [0.3, 0.4) is 0 Å². The number of ether oxygens (including phenoxy) is 2. The van der Waals surface area contributed by atoms with Gasteiger partial charge in [0.05, 0.1) is 16.7 Å². The van der Waals surface area contributed by atoms with Crippen molar-refractivity contribution in [3.63, 3.8) is 0 Å². The van der Waals surface area contributed by atoms with Crippen molar-refractivity contribution in [2.45, 2.75) is 26.6 Å². The van der Waals surface area contributed by atoms with Crippen molar-refractivity contribution in [1.29, 1.82) is 0 Å². The molecule has 0 amide bonds. The molecule has 0 atom stereocenters. The van der Waals surface area contributed by atoms with Crippen LogP contribution in [-0.2, 0) is 19.7 Å². The fourth-order valence-electron chi connectivity index (χ4n) is 2.82. The summed E-state index contributed by atoms with van der Waals surface area (Å²) in [5.41, 5.74) is 3.08. The van der Waals surface area contributed by atoms with Gasteiger partial charge < -0.3 is 14.8 Å². The van der Waals surface area contributed by atoms with Gasteiger partial charge in [0.1, 0.15) is 6.61 Å². The molecule has 0 aliphatic carbocycles. The maximum atomic E-state index is 6.50. The van der Waals surface area contributed by atoms with Gasteiger partial charge in [-0.1, -0.05) is 71.2 Å². The highest BCUT2D eigenvalue weighted by molar-refractivity contribution is 6.42. The van der Waals surface area contributed by atoms with E-state index in [2.05, 4.69) is 17.4 Å². The third-order valence-electron chi connectivity index (χ3n) is 4.28. The number of benzene rings is 3. The molecule has 3 rings (SSSR count). The van der Waals surface area contributed by atoms with Gasteiger partial charge in [-0.05, 0) is 41.8 Å². The molecule has 0 saturated carbocycles. The van der Waals surface area contributed by atoms with Gasteiger partial charge in [0.2, 0.25) is 0 Å². The molecular weight excluding hydrogens is 429 g/mol. The van der Waals surface area contributed by atoms with Gasteiger partial charge in [-0.2, -0.15) is 0 Å². The molecule has 0 aliphatic heterocycles. The van der Waals surface area contributed by atoms with E-state index in [9.17, 15) is 0 Å². The van der Waals surface area contributed by atoms with E-state index < -0.39 is 0 Å². The zero-order valence-electron chi connectivity index (χ0n) is 16.1. The number of hydrogen-bond donors (Lipinski definition) is 1. The second kappa shape index (κ2) is 10.7. The predicted molar refractivity (Wildman–Crippen MR) is 120 cm³/mol. The highest BCUT2D eigenvalue weighted by Gasteiger charge is 2.12. The number of halogens is 3. The Balaban J connectivity index is 1.68. The Hall–Kier alpha value is -1.91. The van der Waals surface area contributed by atoms with Crippen LogP contribution in [0.5, 0.6) is 11.5 Å². The second-order valence-corrected chi connectivity index (χ2v) is 7.67.